The van der Waals surface area contributed by atoms with E-state index < -0.39 is 0 Å². The molecule has 2 aliphatic rings. The Morgan fingerprint density at radius 2 is 1.43 bits per heavy atom. The monoisotopic (exact) mass is 761 g/mol. The van der Waals surface area contributed by atoms with Gasteiger partial charge in [0.15, 0.2) is 0 Å². The van der Waals surface area contributed by atoms with Crippen molar-refractivity contribution in [2.24, 2.45) is 57.6 Å². The van der Waals surface area contributed by atoms with E-state index in [1.807, 2.05) is 6.08 Å². The zero-order valence-corrected chi connectivity index (χ0v) is 36.8. The first-order valence-electron chi connectivity index (χ1n) is 23.1. The number of nitrogens with two attached hydrogens (primary N) is 3. The van der Waals surface area contributed by atoms with Crippen LogP contribution in [0.2, 0.25) is 0 Å². The topological polar surface area (TPSA) is 118 Å². The molecule has 2 aliphatic carbocycles. The van der Waals surface area contributed by atoms with Crippen LogP contribution in [0.4, 0.5) is 0 Å². The third-order valence-corrected chi connectivity index (χ3v) is 14.3. The Morgan fingerprint density at radius 1 is 0.778 bits per heavy atom. The molecule has 318 valence electrons. The number of fused-ring (bicyclic) bond motifs is 1. The van der Waals surface area contributed by atoms with Gasteiger partial charge in [-0.3, -0.25) is 0 Å². The van der Waals surface area contributed by atoms with Gasteiger partial charge in [-0.25, -0.2) is 0 Å². The van der Waals surface area contributed by atoms with Crippen molar-refractivity contribution in [1.82, 2.24) is 5.32 Å². The minimum atomic E-state index is 0.0655. The van der Waals surface area contributed by atoms with E-state index in [1.165, 1.54) is 83.5 Å². The molecule has 1 unspecified atom stereocenters. The van der Waals surface area contributed by atoms with Gasteiger partial charge in [-0.15, -0.1) is 0 Å². The van der Waals surface area contributed by atoms with Crippen molar-refractivity contribution in [2.45, 2.75) is 189 Å². The molecule has 54 heavy (non-hydrogen) atoms. The normalized spacial score (nSPS) is 28.2. The number of ether oxygens (including phenoxy) is 3. The van der Waals surface area contributed by atoms with Crippen LogP contribution in [-0.4, -0.2) is 64.3 Å². The van der Waals surface area contributed by atoms with Crippen molar-refractivity contribution < 1.29 is 14.2 Å². The Hall–Kier alpha value is -0.960. The maximum Gasteiger partial charge on any atom is 0.0668 e. The van der Waals surface area contributed by atoms with Crippen LogP contribution in [-0.2, 0) is 14.2 Å². The quantitative estimate of drug-likeness (QED) is 0.0398. The number of nitrogens with one attached hydrogen (secondary N) is 1. The lowest BCUT2D eigenvalue weighted by Gasteiger charge is -2.64. The Morgan fingerprint density at radius 3 is 2.06 bits per heavy atom. The Bertz CT molecular complexity index is 975. The maximum absolute atomic E-state index is 7.00. The Labute approximate surface area is 335 Å². The van der Waals surface area contributed by atoms with Gasteiger partial charge in [0.25, 0.3) is 0 Å². The van der Waals surface area contributed by atoms with Crippen LogP contribution >= 0.6 is 0 Å². The van der Waals surface area contributed by atoms with Crippen molar-refractivity contribution in [3.63, 3.8) is 0 Å². The number of allylic oxidation sites excluding steroid dienone is 2. The lowest BCUT2D eigenvalue weighted by Crippen LogP contribution is -2.62. The SMILES string of the molecule is C/C=C/CCCCCCCCCCNCCCC[C@@H](CC)[C@@]1(C)[C@@H](OCCCN)C[C@H]2[C@@H](C(OC/C=C/N)C[C@H](C[C@@H](CC)OCCCN)C2(C)C)[C@@H]1C. The summed E-state index contributed by atoms with van der Waals surface area (Å²) in [6.07, 6.45) is 32.0. The van der Waals surface area contributed by atoms with Gasteiger partial charge in [-0.05, 0) is 156 Å². The standard InChI is InChI=1S/C47H92N4O3/c1-8-11-12-13-14-15-16-17-18-19-21-30-51-31-22-20-26-39(9-2)47(7)38(4)45-42(37-44(47)54-34-25-29-50)46(5,6)40(36-43(45)53-33-24-28-49)35-41(10-3)52-32-23-27-48/h8,11,24,28,38-45,51H,9-10,12-23,25-27,29-37,48-50H2,1-7H3/b11-8+,28-24+/t38-,39+,40-,41+,42-,43?,44-,45-,47-/m0/s1. The number of hydrogen-bond donors (Lipinski definition) is 4. The average Bonchev–Trinajstić information content (AvgIpc) is 3.16. The molecule has 9 atom stereocenters. The molecule has 0 spiro atoms. The van der Waals surface area contributed by atoms with E-state index in [9.17, 15) is 0 Å². The molecule has 0 aliphatic heterocycles. The molecule has 0 saturated heterocycles. The van der Waals surface area contributed by atoms with E-state index >= 15 is 0 Å². The Balaban J connectivity index is 2.07. The largest absolute Gasteiger partial charge is 0.405 e. The lowest BCUT2D eigenvalue weighted by atomic mass is 9.44. The smallest absolute Gasteiger partial charge is 0.0668 e. The van der Waals surface area contributed by atoms with E-state index in [-0.39, 0.29) is 29.1 Å². The summed E-state index contributed by atoms with van der Waals surface area (Å²) in [5, 5.41) is 3.77. The van der Waals surface area contributed by atoms with Crippen molar-refractivity contribution in [3.8, 4) is 0 Å². The number of rotatable bonds is 32. The summed E-state index contributed by atoms with van der Waals surface area (Å²) < 4.78 is 20.2. The highest BCUT2D eigenvalue weighted by molar-refractivity contribution is 5.10. The van der Waals surface area contributed by atoms with Gasteiger partial charge in [-0.1, -0.05) is 105 Å². The predicted octanol–water partition coefficient (Wildman–Crippen LogP) is 10.3. The summed E-state index contributed by atoms with van der Waals surface area (Å²) in [4.78, 5) is 0. The zero-order valence-electron chi connectivity index (χ0n) is 36.8. The highest BCUT2D eigenvalue weighted by atomic mass is 16.5. The molecular weight excluding hydrogens is 669 g/mol. The van der Waals surface area contributed by atoms with Crippen LogP contribution in [0.1, 0.15) is 170 Å². The molecule has 2 rings (SSSR count). The first-order chi connectivity index (χ1) is 26.2. The summed E-state index contributed by atoms with van der Waals surface area (Å²) >= 11 is 0. The highest BCUT2D eigenvalue weighted by Gasteiger charge is 2.61. The van der Waals surface area contributed by atoms with Crippen LogP contribution in [0.3, 0.4) is 0 Å². The molecule has 0 heterocycles. The second-order valence-electron chi connectivity index (χ2n) is 17.9. The number of hydrogen-bond acceptors (Lipinski definition) is 7. The molecule has 7 nitrogen and oxygen atoms in total. The molecule has 0 aromatic heterocycles. The van der Waals surface area contributed by atoms with Gasteiger partial charge in [0.2, 0.25) is 0 Å². The van der Waals surface area contributed by atoms with Crippen molar-refractivity contribution in [3.05, 3.63) is 24.4 Å². The minimum absolute atomic E-state index is 0.0655. The molecule has 0 bridgehead atoms. The molecular formula is C47H92N4O3. The van der Waals surface area contributed by atoms with Gasteiger partial charge in [0.05, 0.1) is 24.9 Å². The van der Waals surface area contributed by atoms with Crippen LogP contribution in [0, 0.1) is 40.4 Å². The lowest BCUT2D eigenvalue weighted by molar-refractivity contribution is -0.221. The van der Waals surface area contributed by atoms with Crippen LogP contribution in [0.25, 0.3) is 0 Å². The summed E-state index contributed by atoms with van der Waals surface area (Å²) in [5.74, 6) is 2.55. The maximum atomic E-state index is 7.00. The van der Waals surface area contributed by atoms with Gasteiger partial charge in [0, 0.05) is 13.2 Å². The van der Waals surface area contributed by atoms with Gasteiger partial charge in [0.1, 0.15) is 0 Å². The minimum Gasteiger partial charge on any atom is -0.405 e. The zero-order chi connectivity index (χ0) is 39.7. The van der Waals surface area contributed by atoms with Crippen molar-refractivity contribution in [1.29, 1.82) is 0 Å². The van der Waals surface area contributed by atoms with Crippen molar-refractivity contribution >= 4 is 0 Å². The molecule has 2 fully saturated rings. The van der Waals surface area contributed by atoms with Gasteiger partial charge in [-0.2, -0.15) is 0 Å². The number of unbranched alkanes of at least 4 members (excludes halogenated alkanes) is 9. The van der Waals surface area contributed by atoms with E-state index in [0.717, 1.165) is 64.8 Å². The van der Waals surface area contributed by atoms with Gasteiger partial charge < -0.3 is 36.7 Å². The molecule has 0 amide bonds. The van der Waals surface area contributed by atoms with E-state index in [4.69, 9.17) is 31.4 Å². The summed E-state index contributed by atoms with van der Waals surface area (Å²) in [6, 6.07) is 0. The third kappa shape index (κ3) is 15.8. The highest BCUT2D eigenvalue weighted by Crippen LogP contribution is 2.63. The molecule has 0 radical (unpaired) electrons. The van der Waals surface area contributed by atoms with Crippen LogP contribution in [0.5, 0.6) is 0 Å². The average molecular weight is 761 g/mol. The molecule has 7 heteroatoms. The fourth-order valence-corrected chi connectivity index (χ4v) is 10.6. The summed E-state index contributed by atoms with van der Waals surface area (Å²) in [5.41, 5.74) is 17.8. The van der Waals surface area contributed by atoms with Crippen molar-refractivity contribution in [2.75, 3.05) is 46.0 Å². The summed E-state index contributed by atoms with van der Waals surface area (Å²) in [6.45, 7) is 22.7. The van der Waals surface area contributed by atoms with E-state index in [2.05, 4.69) is 65.9 Å². The second kappa shape index (κ2) is 28.4. The van der Waals surface area contributed by atoms with E-state index in [0.29, 0.717) is 49.3 Å². The second-order valence-corrected chi connectivity index (χ2v) is 17.9. The summed E-state index contributed by atoms with van der Waals surface area (Å²) in [7, 11) is 0. The third-order valence-electron chi connectivity index (χ3n) is 14.3. The molecule has 7 N–H and O–H groups in total. The molecule has 2 saturated carbocycles. The first-order valence-corrected chi connectivity index (χ1v) is 23.1. The fraction of sp³-hybridized carbons (Fsp3) is 0.915. The molecule has 0 aromatic carbocycles. The van der Waals surface area contributed by atoms with Gasteiger partial charge >= 0.3 is 0 Å². The first kappa shape index (κ1) is 49.2. The van der Waals surface area contributed by atoms with Crippen LogP contribution in [0.15, 0.2) is 24.4 Å². The van der Waals surface area contributed by atoms with E-state index in [1.54, 1.807) is 6.20 Å². The Kier molecular flexibility index (Phi) is 25.9. The van der Waals surface area contributed by atoms with Crippen LogP contribution < -0.4 is 22.5 Å². The predicted molar refractivity (Wildman–Crippen MR) is 232 cm³/mol. The fourth-order valence-electron chi connectivity index (χ4n) is 10.6. The molecule has 0 aromatic rings.